The molecule has 0 unspecified atom stereocenters. The van der Waals surface area contributed by atoms with Crippen molar-refractivity contribution < 1.29 is 19.1 Å². The number of ether oxygens (including phenoxy) is 2. The highest BCUT2D eigenvalue weighted by Gasteiger charge is 2.18. The van der Waals surface area contributed by atoms with E-state index in [1.54, 1.807) is 36.4 Å². The zero-order valence-electron chi connectivity index (χ0n) is 15.6. The molecule has 0 bridgehead atoms. The van der Waals surface area contributed by atoms with Crippen LogP contribution in [0.4, 0.5) is 11.4 Å². The summed E-state index contributed by atoms with van der Waals surface area (Å²) in [5.74, 6) is 0.634. The van der Waals surface area contributed by atoms with E-state index in [0.717, 1.165) is 11.8 Å². The van der Waals surface area contributed by atoms with Crippen LogP contribution < -0.4 is 20.1 Å². The molecule has 0 fully saturated rings. The average molecular weight is 447 g/mol. The summed E-state index contributed by atoms with van der Waals surface area (Å²) in [5.41, 5.74) is 1.68. The van der Waals surface area contributed by atoms with E-state index in [4.69, 9.17) is 21.1 Å². The summed E-state index contributed by atoms with van der Waals surface area (Å²) in [6, 6.07) is 10.3. The van der Waals surface area contributed by atoms with Crippen LogP contribution in [0.2, 0.25) is 5.02 Å². The lowest BCUT2D eigenvalue weighted by molar-refractivity contribution is -0.114. The van der Waals surface area contributed by atoms with Crippen LogP contribution in [-0.2, 0) is 9.59 Å². The lowest BCUT2D eigenvalue weighted by atomic mass is 10.2. The number of amides is 2. The summed E-state index contributed by atoms with van der Waals surface area (Å²) < 4.78 is 12.0. The minimum atomic E-state index is -0.290. The molecule has 10 nitrogen and oxygen atoms in total. The summed E-state index contributed by atoms with van der Waals surface area (Å²) >= 11 is 7.34. The van der Waals surface area contributed by atoms with Gasteiger partial charge >= 0.3 is 0 Å². The molecule has 1 aliphatic heterocycles. The molecule has 2 aromatic carbocycles. The van der Waals surface area contributed by atoms with Crippen LogP contribution in [0.1, 0.15) is 6.92 Å². The standard InChI is InChI=1S/C18H15ClN6O4S/c1-10(26)20-11-3-2-4-12(5-11)25-18(22-23-24-25)30-8-17(27)21-14-7-16-15(6-13(14)19)28-9-29-16/h2-7H,8-9H2,1H3,(H,20,26)(H,21,27). The van der Waals surface area contributed by atoms with Gasteiger partial charge in [-0.05, 0) is 28.6 Å². The van der Waals surface area contributed by atoms with Gasteiger partial charge in [0.15, 0.2) is 11.5 Å². The smallest absolute Gasteiger partial charge is 0.234 e. The topological polar surface area (TPSA) is 120 Å². The molecule has 0 saturated carbocycles. The minimum Gasteiger partial charge on any atom is -0.454 e. The Balaban J connectivity index is 1.43. The van der Waals surface area contributed by atoms with Crippen LogP contribution in [0.25, 0.3) is 5.69 Å². The van der Waals surface area contributed by atoms with Crippen LogP contribution in [0.5, 0.6) is 11.5 Å². The molecule has 4 rings (SSSR count). The van der Waals surface area contributed by atoms with E-state index in [-0.39, 0.29) is 24.4 Å². The van der Waals surface area contributed by atoms with Crippen molar-refractivity contribution in [3.63, 3.8) is 0 Å². The van der Waals surface area contributed by atoms with Crippen LogP contribution in [0.15, 0.2) is 41.6 Å². The zero-order valence-corrected chi connectivity index (χ0v) is 17.2. The third-order valence-electron chi connectivity index (χ3n) is 3.92. The molecule has 1 aromatic heterocycles. The molecule has 1 aliphatic rings. The highest BCUT2D eigenvalue weighted by atomic mass is 35.5. The molecular formula is C18H15ClN6O4S. The first-order chi connectivity index (χ1) is 14.5. The second-order valence-electron chi connectivity index (χ2n) is 6.13. The Hall–Kier alpha value is -3.31. The number of hydrogen-bond acceptors (Lipinski definition) is 8. The molecule has 154 valence electrons. The minimum absolute atomic E-state index is 0.0521. The number of benzene rings is 2. The second-order valence-corrected chi connectivity index (χ2v) is 7.48. The fraction of sp³-hybridized carbons (Fsp3) is 0.167. The van der Waals surface area contributed by atoms with Crippen LogP contribution >= 0.6 is 23.4 Å². The van der Waals surface area contributed by atoms with E-state index < -0.39 is 0 Å². The lowest BCUT2D eigenvalue weighted by Gasteiger charge is -2.09. The summed E-state index contributed by atoms with van der Waals surface area (Å²) in [7, 11) is 0. The fourth-order valence-corrected chi connectivity index (χ4v) is 3.57. The molecule has 30 heavy (non-hydrogen) atoms. The zero-order chi connectivity index (χ0) is 21.1. The van der Waals surface area contributed by atoms with Gasteiger partial charge in [-0.1, -0.05) is 29.4 Å². The number of thioether (sulfide) groups is 1. The number of tetrazole rings is 1. The molecule has 2 heterocycles. The van der Waals surface area contributed by atoms with Gasteiger partial charge in [0.2, 0.25) is 23.8 Å². The molecule has 0 atom stereocenters. The maximum atomic E-state index is 12.4. The van der Waals surface area contributed by atoms with Crippen molar-refractivity contribution in [2.24, 2.45) is 0 Å². The highest BCUT2D eigenvalue weighted by molar-refractivity contribution is 7.99. The van der Waals surface area contributed by atoms with Gasteiger partial charge in [0, 0.05) is 24.7 Å². The Kier molecular flexibility index (Phi) is 5.72. The Morgan fingerprint density at radius 3 is 2.80 bits per heavy atom. The second kappa shape index (κ2) is 8.59. The number of carbonyl (C=O) groups excluding carboxylic acids is 2. The van der Waals surface area contributed by atoms with E-state index >= 15 is 0 Å². The first-order valence-electron chi connectivity index (χ1n) is 8.68. The third kappa shape index (κ3) is 4.47. The van der Waals surface area contributed by atoms with E-state index in [1.807, 2.05) is 0 Å². The molecule has 2 amide bonds. The molecule has 0 aliphatic carbocycles. The van der Waals surface area contributed by atoms with Gasteiger partial charge < -0.3 is 20.1 Å². The van der Waals surface area contributed by atoms with Crippen molar-refractivity contribution in [3.8, 4) is 17.2 Å². The van der Waals surface area contributed by atoms with Crippen molar-refractivity contribution in [3.05, 3.63) is 41.4 Å². The van der Waals surface area contributed by atoms with Crippen LogP contribution in [-0.4, -0.2) is 44.6 Å². The van der Waals surface area contributed by atoms with Crippen LogP contribution in [0.3, 0.4) is 0 Å². The van der Waals surface area contributed by atoms with E-state index in [2.05, 4.69) is 26.2 Å². The number of aromatic nitrogens is 4. The lowest BCUT2D eigenvalue weighted by Crippen LogP contribution is -2.15. The van der Waals surface area contributed by atoms with E-state index in [1.165, 1.54) is 11.6 Å². The van der Waals surface area contributed by atoms with Gasteiger partial charge in [-0.3, -0.25) is 9.59 Å². The number of nitrogens with zero attached hydrogens (tertiary/aromatic N) is 4. The number of nitrogens with one attached hydrogen (secondary N) is 2. The predicted octanol–water partition coefficient (Wildman–Crippen LogP) is 2.73. The average Bonchev–Trinajstić information content (AvgIpc) is 3.35. The first kappa shape index (κ1) is 20.0. The van der Waals surface area contributed by atoms with Gasteiger partial charge in [0.1, 0.15) is 0 Å². The van der Waals surface area contributed by atoms with Crippen molar-refractivity contribution >= 4 is 46.6 Å². The quantitative estimate of drug-likeness (QED) is 0.554. The number of carbonyl (C=O) groups is 2. The summed E-state index contributed by atoms with van der Waals surface area (Å²) in [6.45, 7) is 1.54. The number of anilines is 2. The Morgan fingerprint density at radius 2 is 2.00 bits per heavy atom. The first-order valence-corrected chi connectivity index (χ1v) is 10.0. The number of fused-ring (bicyclic) bond motifs is 1. The molecule has 0 saturated heterocycles. The van der Waals surface area contributed by atoms with Crippen LogP contribution in [0, 0.1) is 0 Å². The normalized spacial score (nSPS) is 11.9. The maximum absolute atomic E-state index is 12.4. The van der Waals surface area contributed by atoms with Crippen molar-refractivity contribution in [1.82, 2.24) is 20.2 Å². The third-order valence-corrected chi connectivity index (χ3v) is 5.15. The molecule has 12 heteroatoms. The van der Waals surface area contributed by atoms with Gasteiger partial charge in [0.25, 0.3) is 0 Å². The van der Waals surface area contributed by atoms with Crippen molar-refractivity contribution in [2.45, 2.75) is 12.1 Å². The van der Waals surface area contributed by atoms with Gasteiger partial charge in [0.05, 0.1) is 22.2 Å². The Labute approximate surface area is 179 Å². The fourth-order valence-electron chi connectivity index (χ4n) is 2.68. The SMILES string of the molecule is CC(=O)Nc1cccc(-n2nnnc2SCC(=O)Nc2cc3c(cc2Cl)OCO3)c1. The predicted molar refractivity (Wildman–Crippen MR) is 110 cm³/mol. The van der Waals surface area contributed by atoms with Crippen molar-refractivity contribution in [2.75, 3.05) is 23.2 Å². The number of hydrogen-bond donors (Lipinski definition) is 2. The highest BCUT2D eigenvalue weighted by Crippen LogP contribution is 2.39. The van der Waals surface area contributed by atoms with Gasteiger partial charge in [-0.25, -0.2) is 0 Å². The maximum Gasteiger partial charge on any atom is 0.234 e. The monoisotopic (exact) mass is 446 g/mol. The Morgan fingerprint density at radius 1 is 1.20 bits per heavy atom. The summed E-state index contributed by atoms with van der Waals surface area (Å²) in [4.78, 5) is 23.7. The molecular weight excluding hydrogens is 432 g/mol. The summed E-state index contributed by atoms with van der Waals surface area (Å²) in [5, 5.41) is 17.8. The van der Waals surface area contributed by atoms with Gasteiger partial charge in [-0.15, -0.1) is 5.10 Å². The molecule has 0 radical (unpaired) electrons. The molecule has 3 aromatic rings. The number of halogens is 1. The van der Waals surface area contributed by atoms with Gasteiger partial charge in [-0.2, -0.15) is 4.68 Å². The van der Waals surface area contributed by atoms with Crippen molar-refractivity contribution in [1.29, 1.82) is 0 Å². The van der Waals surface area contributed by atoms with E-state index in [9.17, 15) is 9.59 Å². The number of rotatable bonds is 6. The summed E-state index contributed by atoms with van der Waals surface area (Å²) in [6.07, 6.45) is 0. The Bertz CT molecular complexity index is 1120. The largest absolute Gasteiger partial charge is 0.454 e. The van der Waals surface area contributed by atoms with E-state index in [0.29, 0.717) is 38.7 Å². The molecule has 0 spiro atoms. The molecule has 2 N–H and O–H groups in total.